The lowest BCUT2D eigenvalue weighted by Crippen LogP contribution is -2.35. The van der Waals surface area contributed by atoms with Crippen LogP contribution in [0.25, 0.3) is 0 Å². The fourth-order valence-corrected chi connectivity index (χ4v) is 3.51. The second-order valence-electron chi connectivity index (χ2n) is 4.86. The van der Waals surface area contributed by atoms with Gasteiger partial charge in [0.15, 0.2) is 18.9 Å². The van der Waals surface area contributed by atoms with Gasteiger partial charge in [-0.05, 0) is 37.4 Å². The molecule has 0 aliphatic carbocycles. The summed E-state index contributed by atoms with van der Waals surface area (Å²) in [4.78, 5) is 2.55. The van der Waals surface area contributed by atoms with E-state index in [9.17, 15) is 0 Å². The van der Waals surface area contributed by atoms with Gasteiger partial charge in [-0.1, -0.05) is 31.9 Å². The number of piperidine rings is 1. The van der Waals surface area contributed by atoms with E-state index in [0.29, 0.717) is 0 Å². The molecule has 18 heavy (non-hydrogen) atoms. The first-order valence-corrected chi connectivity index (χ1v) is 8.91. The number of alkyl halides is 2. The maximum Gasteiger partial charge on any atom is 0.169 e. The van der Waals surface area contributed by atoms with E-state index in [4.69, 9.17) is 0 Å². The van der Waals surface area contributed by atoms with E-state index in [2.05, 4.69) is 65.9 Å². The maximum absolute atomic E-state index is 3.52. The first kappa shape index (κ1) is 14.5. The molecule has 0 N–H and O–H groups in total. The number of aryl methyl sites for hydroxylation is 1. The van der Waals surface area contributed by atoms with Crippen LogP contribution < -0.4 is 4.57 Å². The van der Waals surface area contributed by atoms with Crippen molar-refractivity contribution >= 4 is 31.9 Å². The van der Waals surface area contributed by atoms with Crippen molar-refractivity contribution in [2.24, 2.45) is 0 Å². The second-order valence-corrected chi connectivity index (χ2v) is 6.45. The summed E-state index contributed by atoms with van der Waals surface area (Å²) >= 11 is 6.99. The van der Waals surface area contributed by atoms with Crippen molar-refractivity contribution in [3.8, 4) is 0 Å². The second kappa shape index (κ2) is 7.61. The number of rotatable bonds is 5. The zero-order valence-corrected chi connectivity index (χ0v) is 13.9. The van der Waals surface area contributed by atoms with Crippen molar-refractivity contribution in [2.75, 3.05) is 30.3 Å². The highest BCUT2D eigenvalue weighted by Crippen LogP contribution is 2.27. The summed E-state index contributed by atoms with van der Waals surface area (Å²) in [5.74, 6) is 0.759. The highest BCUT2D eigenvalue weighted by Gasteiger charge is 2.20. The van der Waals surface area contributed by atoms with Crippen LogP contribution in [0.5, 0.6) is 0 Å². The van der Waals surface area contributed by atoms with E-state index in [1.807, 2.05) is 0 Å². The molecule has 2 heterocycles. The lowest BCUT2D eigenvalue weighted by Gasteiger charge is -2.31. The SMILES string of the molecule is BrCCN1CCC(c2cc[n+](CCBr)cc2)CC1. The number of likely N-dealkylation sites (tertiary alicyclic amines) is 1. The van der Waals surface area contributed by atoms with Gasteiger partial charge in [-0.3, -0.25) is 0 Å². The van der Waals surface area contributed by atoms with Gasteiger partial charge in [-0.2, -0.15) is 0 Å². The predicted molar refractivity (Wildman–Crippen MR) is 82.6 cm³/mol. The molecule has 1 fully saturated rings. The van der Waals surface area contributed by atoms with E-state index >= 15 is 0 Å². The normalized spacial score (nSPS) is 18.1. The van der Waals surface area contributed by atoms with Gasteiger partial charge in [0.2, 0.25) is 0 Å². The first-order valence-electron chi connectivity index (χ1n) is 6.67. The molecular weight excluding hydrogens is 356 g/mol. The van der Waals surface area contributed by atoms with Crippen LogP contribution in [0.3, 0.4) is 0 Å². The molecule has 1 aliphatic rings. The third kappa shape index (κ3) is 4.04. The van der Waals surface area contributed by atoms with Crippen molar-refractivity contribution < 1.29 is 4.57 Å². The standard InChI is InChI=1S/C14H21Br2N2/c15-5-11-17-7-1-13(2-8-17)14-3-9-18(10-4-14)12-6-16/h1-2,7-8,14H,3-6,9-12H2/q+1. The van der Waals surface area contributed by atoms with Crippen molar-refractivity contribution in [1.82, 2.24) is 4.90 Å². The van der Waals surface area contributed by atoms with Crippen LogP contribution in [0.1, 0.15) is 24.3 Å². The van der Waals surface area contributed by atoms with Gasteiger partial charge in [0, 0.05) is 24.0 Å². The molecule has 0 bridgehead atoms. The van der Waals surface area contributed by atoms with Crippen LogP contribution in [-0.4, -0.2) is 35.2 Å². The third-order valence-corrected chi connectivity index (χ3v) is 4.43. The van der Waals surface area contributed by atoms with E-state index in [0.717, 1.165) is 23.1 Å². The summed E-state index contributed by atoms with van der Waals surface area (Å²) in [6.45, 7) is 4.72. The Morgan fingerprint density at radius 3 is 2.33 bits per heavy atom. The summed E-state index contributed by atoms with van der Waals surface area (Å²) in [5.41, 5.74) is 1.51. The molecule has 0 unspecified atom stereocenters. The zero-order chi connectivity index (χ0) is 12.8. The quantitative estimate of drug-likeness (QED) is 0.566. The van der Waals surface area contributed by atoms with Crippen molar-refractivity contribution in [1.29, 1.82) is 0 Å². The average molecular weight is 377 g/mol. The van der Waals surface area contributed by atoms with E-state index in [1.54, 1.807) is 0 Å². The Labute approximate surface area is 127 Å². The van der Waals surface area contributed by atoms with Crippen LogP contribution in [0.15, 0.2) is 24.5 Å². The largest absolute Gasteiger partial charge is 0.302 e. The topological polar surface area (TPSA) is 7.12 Å². The van der Waals surface area contributed by atoms with E-state index in [1.165, 1.54) is 38.0 Å². The minimum absolute atomic E-state index is 0.759. The molecule has 0 aromatic carbocycles. The predicted octanol–water partition coefficient (Wildman–Crippen LogP) is 2.94. The first-order chi connectivity index (χ1) is 8.83. The Bertz CT molecular complexity index is 345. The Kier molecular flexibility index (Phi) is 6.12. The van der Waals surface area contributed by atoms with Crippen LogP contribution in [0.4, 0.5) is 0 Å². The number of hydrogen-bond donors (Lipinski definition) is 0. The lowest BCUT2D eigenvalue weighted by atomic mass is 9.90. The van der Waals surface area contributed by atoms with Crippen LogP contribution in [0.2, 0.25) is 0 Å². The van der Waals surface area contributed by atoms with Crippen molar-refractivity contribution in [2.45, 2.75) is 25.3 Å². The van der Waals surface area contributed by atoms with Crippen LogP contribution in [-0.2, 0) is 6.54 Å². The van der Waals surface area contributed by atoms with E-state index in [-0.39, 0.29) is 0 Å². The molecule has 0 amide bonds. The number of halogens is 2. The van der Waals surface area contributed by atoms with Gasteiger partial charge < -0.3 is 4.90 Å². The smallest absolute Gasteiger partial charge is 0.169 e. The monoisotopic (exact) mass is 375 g/mol. The average Bonchev–Trinajstić information content (AvgIpc) is 2.41. The summed E-state index contributed by atoms with van der Waals surface area (Å²) in [7, 11) is 0. The highest BCUT2D eigenvalue weighted by molar-refractivity contribution is 9.09. The number of pyridine rings is 1. The van der Waals surface area contributed by atoms with Gasteiger partial charge >= 0.3 is 0 Å². The Balaban J connectivity index is 1.89. The van der Waals surface area contributed by atoms with Crippen molar-refractivity contribution in [3.63, 3.8) is 0 Å². The van der Waals surface area contributed by atoms with Crippen molar-refractivity contribution in [3.05, 3.63) is 30.1 Å². The molecule has 2 rings (SSSR count). The maximum atomic E-state index is 3.52. The fraction of sp³-hybridized carbons (Fsp3) is 0.643. The summed E-state index contributed by atoms with van der Waals surface area (Å²) < 4.78 is 2.23. The lowest BCUT2D eigenvalue weighted by molar-refractivity contribution is -0.692. The third-order valence-electron chi connectivity index (χ3n) is 3.72. The summed E-state index contributed by atoms with van der Waals surface area (Å²) in [5, 5.41) is 2.11. The summed E-state index contributed by atoms with van der Waals surface area (Å²) in [6, 6.07) is 4.60. The molecule has 1 aromatic heterocycles. The number of aromatic nitrogens is 1. The minimum Gasteiger partial charge on any atom is -0.302 e. The van der Waals surface area contributed by atoms with Gasteiger partial charge in [-0.25, -0.2) is 4.57 Å². The van der Waals surface area contributed by atoms with Gasteiger partial charge in [0.05, 0.1) is 5.33 Å². The molecule has 0 radical (unpaired) electrons. The minimum atomic E-state index is 0.759. The zero-order valence-electron chi connectivity index (χ0n) is 10.7. The molecular formula is C14H21Br2N2+. The van der Waals surface area contributed by atoms with E-state index < -0.39 is 0 Å². The van der Waals surface area contributed by atoms with Gasteiger partial charge in [0.25, 0.3) is 0 Å². The fourth-order valence-electron chi connectivity index (χ4n) is 2.60. The Morgan fingerprint density at radius 2 is 1.78 bits per heavy atom. The molecule has 4 heteroatoms. The molecule has 1 saturated heterocycles. The van der Waals surface area contributed by atoms with Crippen LogP contribution >= 0.6 is 31.9 Å². The van der Waals surface area contributed by atoms with Gasteiger partial charge in [0.1, 0.15) is 0 Å². The van der Waals surface area contributed by atoms with Crippen LogP contribution in [0, 0.1) is 0 Å². The number of hydrogen-bond acceptors (Lipinski definition) is 1. The molecule has 0 saturated carbocycles. The van der Waals surface area contributed by atoms with Gasteiger partial charge in [-0.15, -0.1) is 0 Å². The molecule has 0 atom stereocenters. The molecule has 100 valence electrons. The number of nitrogens with zero attached hydrogens (tertiary/aromatic N) is 2. The summed E-state index contributed by atoms with van der Waals surface area (Å²) in [6.07, 6.45) is 7.02. The highest BCUT2D eigenvalue weighted by atomic mass is 79.9. The Hall–Kier alpha value is 0.0700. The Morgan fingerprint density at radius 1 is 1.11 bits per heavy atom. The molecule has 2 nitrogen and oxygen atoms in total. The molecule has 1 aromatic rings. The molecule has 1 aliphatic heterocycles. The molecule has 0 spiro atoms.